The van der Waals surface area contributed by atoms with E-state index in [1.54, 1.807) is 0 Å². The Hall–Kier alpha value is -3.08. The number of nitrogens with zero attached hydrogens (tertiary/aromatic N) is 5. The number of morpholine rings is 1. The van der Waals surface area contributed by atoms with Gasteiger partial charge in [0.25, 0.3) is 5.91 Å². The first-order chi connectivity index (χ1) is 15.3. The number of benzene rings is 1. The van der Waals surface area contributed by atoms with Crippen molar-refractivity contribution < 1.29 is 27.4 Å². The van der Waals surface area contributed by atoms with Crippen LogP contribution >= 0.6 is 0 Å². The van der Waals surface area contributed by atoms with Gasteiger partial charge in [-0.1, -0.05) is 12.1 Å². The molecule has 2 saturated heterocycles. The van der Waals surface area contributed by atoms with E-state index in [4.69, 9.17) is 4.74 Å². The van der Waals surface area contributed by atoms with E-state index in [0.717, 1.165) is 30.8 Å². The number of amides is 1. The molecule has 8 nitrogen and oxygen atoms in total. The molecule has 0 unspecified atom stereocenters. The summed E-state index contributed by atoms with van der Waals surface area (Å²) in [6, 6.07) is 7.34. The van der Waals surface area contributed by atoms with Gasteiger partial charge in [0, 0.05) is 45.3 Å². The van der Waals surface area contributed by atoms with E-state index in [1.165, 1.54) is 23.1 Å². The van der Waals surface area contributed by atoms with Crippen LogP contribution in [0.1, 0.15) is 16.2 Å². The predicted molar refractivity (Wildman–Crippen MR) is 111 cm³/mol. The number of piperazine rings is 1. The van der Waals surface area contributed by atoms with Gasteiger partial charge in [0.05, 0.1) is 18.8 Å². The van der Waals surface area contributed by atoms with Crippen LogP contribution in [0, 0.1) is 6.92 Å². The number of carbonyl (C=O) groups is 1. The zero-order chi connectivity index (χ0) is 22.7. The van der Waals surface area contributed by atoms with E-state index in [9.17, 15) is 18.0 Å². The Kier molecular flexibility index (Phi) is 6.35. The van der Waals surface area contributed by atoms with Crippen LogP contribution in [0.5, 0.6) is 5.75 Å². The fourth-order valence-corrected chi connectivity index (χ4v) is 3.82. The summed E-state index contributed by atoms with van der Waals surface area (Å²) in [6.07, 6.45) is -4.86. The van der Waals surface area contributed by atoms with Crippen molar-refractivity contribution in [2.24, 2.45) is 0 Å². The van der Waals surface area contributed by atoms with Crippen LogP contribution < -0.4 is 14.5 Å². The van der Waals surface area contributed by atoms with Gasteiger partial charge >= 0.3 is 6.36 Å². The molecule has 3 heterocycles. The maximum atomic E-state index is 12.9. The molecule has 2 fully saturated rings. The molecular weight excluding hydrogens is 427 g/mol. The number of halogens is 3. The Morgan fingerprint density at radius 1 is 0.969 bits per heavy atom. The van der Waals surface area contributed by atoms with Crippen molar-refractivity contribution in [2.45, 2.75) is 13.3 Å². The van der Waals surface area contributed by atoms with Crippen LogP contribution in [0.3, 0.4) is 0 Å². The lowest BCUT2D eigenvalue weighted by Gasteiger charge is -2.36. The number of rotatable bonds is 4. The molecule has 0 radical (unpaired) electrons. The van der Waals surface area contributed by atoms with Crippen LogP contribution in [0.2, 0.25) is 0 Å². The largest absolute Gasteiger partial charge is 0.573 e. The van der Waals surface area contributed by atoms with Crippen LogP contribution in [-0.4, -0.2) is 79.6 Å². The van der Waals surface area contributed by atoms with Crippen molar-refractivity contribution in [2.75, 3.05) is 62.3 Å². The molecule has 0 aliphatic carbocycles. The zero-order valence-corrected chi connectivity index (χ0v) is 17.6. The standard InChI is InChI=1S/C21H24F3N5O3/c1-15-25-18(14-19(26-15)28-10-12-31-13-11-28)27-6-8-29(9-7-27)20(30)16-4-2-3-5-17(16)32-21(22,23)24/h2-5,14H,6-13H2,1H3. The van der Waals surface area contributed by atoms with Gasteiger partial charge in [-0.3, -0.25) is 4.79 Å². The summed E-state index contributed by atoms with van der Waals surface area (Å²) in [6.45, 7) is 6.39. The summed E-state index contributed by atoms with van der Waals surface area (Å²) in [5, 5.41) is 0. The highest BCUT2D eigenvalue weighted by Crippen LogP contribution is 2.28. The second-order valence-electron chi connectivity index (χ2n) is 7.55. The Bertz CT molecular complexity index is 958. The molecule has 2 aromatic rings. The number of hydrogen-bond donors (Lipinski definition) is 0. The van der Waals surface area contributed by atoms with E-state index < -0.39 is 18.0 Å². The van der Waals surface area contributed by atoms with E-state index in [0.29, 0.717) is 45.2 Å². The average Bonchev–Trinajstić information content (AvgIpc) is 2.78. The summed E-state index contributed by atoms with van der Waals surface area (Å²) in [4.78, 5) is 27.7. The maximum absolute atomic E-state index is 12.9. The van der Waals surface area contributed by atoms with Crippen LogP contribution in [0.25, 0.3) is 0 Å². The normalized spacial score (nSPS) is 17.4. The first kappa shape index (κ1) is 22.1. The number of aryl methyl sites for hydroxylation is 1. The van der Waals surface area contributed by atoms with Crippen molar-refractivity contribution in [1.82, 2.24) is 14.9 Å². The van der Waals surface area contributed by atoms with Gasteiger partial charge in [-0.05, 0) is 19.1 Å². The second-order valence-corrected chi connectivity index (χ2v) is 7.55. The summed E-state index contributed by atoms with van der Waals surface area (Å²) < 4.78 is 47.5. The third-order valence-electron chi connectivity index (χ3n) is 5.38. The van der Waals surface area contributed by atoms with E-state index in [-0.39, 0.29) is 5.56 Å². The van der Waals surface area contributed by atoms with Gasteiger partial charge in [0.2, 0.25) is 0 Å². The fraction of sp³-hybridized carbons (Fsp3) is 0.476. The zero-order valence-electron chi connectivity index (χ0n) is 17.6. The molecule has 11 heteroatoms. The third-order valence-corrected chi connectivity index (χ3v) is 5.38. The molecule has 2 aliphatic rings. The third kappa shape index (κ3) is 5.21. The Morgan fingerprint density at radius 3 is 2.19 bits per heavy atom. The van der Waals surface area contributed by atoms with E-state index in [1.807, 2.05) is 13.0 Å². The second kappa shape index (κ2) is 9.19. The molecule has 0 saturated carbocycles. The molecule has 32 heavy (non-hydrogen) atoms. The summed E-state index contributed by atoms with van der Waals surface area (Å²) in [5.74, 6) is 1.28. The first-order valence-corrected chi connectivity index (χ1v) is 10.4. The molecule has 0 bridgehead atoms. The van der Waals surface area contributed by atoms with E-state index in [2.05, 4.69) is 24.5 Å². The van der Waals surface area contributed by atoms with Crippen molar-refractivity contribution in [3.63, 3.8) is 0 Å². The van der Waals surface area contributed by atoms with Gasteiger partial charge < -0.3 is 24.2 Å². The monoisotopic (exact) mass is 451 g/mol. The van der Waals surface area contributed by atoms with Gasteiger partial charge in [-0.15, -0.1) is 13.2 Å². The molecule has 1 aromatic heterocycles. The van der Waals surface area contributed by atoms with Crippen molar-refractivity contribution in [3.8, 4) is 5.75 Å². The lowest BCUT2D eigenvalue weighted by atomic mass is 10.1. The number of para-hydroxylation sites is 1. The summed E-state index contributed by atoms with van der Waals surface area (Å²) in [5.41, 5.74) is -0.106. The molecule has 1 amide bonds. The Morgan fingerprint density at radius 2 is 1.56 bits per heavy atom. The smallest absolute Gasteiger partial charge is 0.405 e. The highest BCUT2D eigenvalue weighted by atomic mass is 19.4. The van der Waals surface area contributed by atoms with Crippen LogP contribution in [0.15, 0.2) is 30.3 Å². The lowest BCUT2D eigenvalue weighted by molar-refractivity contribution is -0.274. The van der Waals surface area contributed by atoms with Crippen LogP contribution in [0.4, 0.5) is 24.8 Å². The highest BCUT2D eigenvalue weighted by molar-refractivity contribution is 5.97. The topological polar surface area (TPSA) is 71.0 Å². The van der Waals surface area contributed by atoms with Crippen molar-refractivity contribution in [3.05, 3.63) is 41.7 Å². The Balaban J connectivity index is 1.44. The molecule has 0 atom stereocenters. The number of anilines is 2. The lowest BCUT2D eigenvalue weighted by Crippen LogP contribution is -2.49. The molecule has 1 aromatic carbocycles. The molecule has 172 valence electrons. The number of aromatic nitrogens is 2. The van der Waals surface area contributed by atoms with Gasteiger partial charge in [0.15, 0.2) is 0 Å². The Labute approximate surface area is 183 Å². The minimum absolute atomic E-state index is 0.106. The molecular formula is C21H24F3N5O3. The minimum atomic E-state index is -4.86. The average molecular weight is 451 g/mol. The number of ether oxygens (including phenoxy) is 2. The summed E-state index contributed by atoms with van der Waals surface area (Å²) >= 11 is 0. The van der Waals surface area contributed by atoms with Gasteiger partial charge in [0.1, 0.15) is 23.2 Å². The van der Waals surface area contributed by atoms with Crippen LogP contribution in [-0.2, 0) is 4.74 Å². The SMILES string of the molecule is Cc1nc(N2CCOCC2)cc(N2CCN(C(=O)c3ccccc3OC(F)(F)F)CC2)n1. The maximum Gasteiger partial charge on any atom is 0.573 e. The van der Waals surface area contributed by atoms with Gasteiger partial charge in [-0.25, -0.2) is 9.97 Å². The molecule has 0 N–H and O–H groups in total. The minimum Gasteiger partial charge on any atom is -0.405 e. The molecule has 0 spiro atoms. The number of carbonyl (C=O) groups excluding carboxylic acids is 1. The molecule has 4 rings (SSSR count). The highest BCUT2D eigenvalue weighted by Gasteiger charge is 2.34. The first-order valence-electron chi connectivity index (χ1n) is 10.4. The van der Waals surface area contributed by atoms with Crippen molar-refractivity contribution >= 4 is 17.5 Å². The van der Waals surface area contributed by atoms with E-state index >= 15 is 0 Å². The van der Waals surface area contributed by atoms with Crippen molar-refractivity contribution in [1.29, 1.82) is 0 Å². The number of alkyl halides is 3. The molecule has 2 aliphatic heterocycles. The quantitative estimate of drug-likeness (QED) is 0.707. The predicted octanol–water partition coefficient (Wildman–Crippen LogP) is 2.48. The number of hydrogen-bond acceptors (Lipinski definition) is 7. The summed E-state index contributed by atoms with van der Waals surface area (Å²) in [7, 11) is 0. The van der Waals surface area contributed by atoms with Gasteiger partial charge in [-0.2, -0.15) is 0 Å². The fourth-order valence-electron chi connectivity index (χ4n) is 3.82.